The van der Waals surface area contributed by atoms with Gasteiger partial charge in [-0.05, 0) is 49.3 Å². The van der Waals surface area contributed by atoms with Crippen molar-refractivity contribution in [2.75, 3.05) is 12.9 Å². The quantitative estimate of drug-likeness (QED) is 0.259. The molecule has 0 aromatic rings. The molecule has 0 radical (unpaired) electrons. The van der Waals surface area contributed by atoms with Crippen LogP contribution >= 0.6 is 0 Å². The second kappa shape index (κ2) is 9.99. The van der Waals surface area contributed by atoms with Gasteiger partial charge in [0, 0.05) is 12.0 Å². The summed E-state index contributed by atoms with van der Waals surface area (Å²) in [5, 5.41) is -0.225. The van der Waals surface area contributed by atoms with Crippen LogP contribution in [0.4, 0.5) is 0 Å². The standard InChI is InChI=1S/C22H44O7SSi2/c1-13-26-20(23)16-14-17(28-31(9,10)21(2,3)4)19(27-30(8,24)25)18(15-16)29-32(11,12)22(5,6)7/h14,17-19H,13,15H2,1-12H3/t17-,18-,19-/m1/s1. The fourth-order valence-corrected chi connectivity index (χ4v) is 6.08. The van der Waals surface area contributed by atoms with Gasteiger partial charge in [0.25, 0.3) is 10.1 Å². The third-order valence-corrected chi connectivity index (χ3v) is 16.3. The lowest BCUT2D eigenvalue weighted by Crippen LogP contribution is -2.56. The predicted octanol–water partition coefficient (Wildman–Crippen LogP) is 5.01. The van der Waals surface area contributed by atoms with Crippen LogP contribution in [0.3, 0.4) is 0 Å². The first kappa shape index (κ1) is 29.5. The molecule has 1 rings (SSSR count). The van der Waals surface area contributed by atoms with Gasteiger partial charge in [0.05, 0.1) is 25.1 Å². The number of carbonyl (C=O) groups is 1. The average molecular weight is 509 g/mol. The van der Waals surface area contributed by atoms with Crippen LogP contribution in [0.15, 0.2) is 11.6 Å². The minimum Gasteiger partial charge on any atom is -0.463 e. The van der Waals surface area contributed by atoms with Gasteiger partial charge in [0.2, 0.25) is 0 Å². The summed E-state index contributed by atoms with van der Waals surface area (Å²) in [4.78, 5) is 12.7. The summed E-state index contributed by atoms with van der Waals surface area (Å²) in [5.41, 5.74) is 0.438. The number of carbonyl (C=O) groups excluding carboxylic acids is 1. The van der Waals surface area contributed by atoms with E-state index in [9.17, 15) is 13.2 Å². The lowest BCUT2D eigenvalue weighted by Gasteiger charge is -2.46. The molecule has 0 unspecified atom stereocenters. The molecule has 0 heterocycles. The lowest BCUT2D eigenvalue weighted by atomic mass is 9.92. The molecule has 1 aliphatic carbocycles. The van der Waals surface area contributed by atoms with E-state index in [1.54, 1.807) is 13.0 Å². The summed E-state index contributed by atoms with van der Waals surface area (Å²) in [6.45, 7) is 23.0. The van der Waals surface area contributed by atoms with Gasteiger partial charge in [-0.1, -0.05) is 41.5 Å². The van der Waals surface area contributed by atoms with Crippen LogP contribution in [0.1, 0.15) is 54.9 Å². The van der Waals surface area contributed by atoms with E-state index in [0.29, 0.717) is 5.57 Å². The van der Waals surface area contributed by atoms with Crippen LogP contribution in [0.25, 0.3) is 0 Å². The molecule has 1 aliphatic rings. The Morgan fingerprint density at radius 3 is 1.88 bits per heavy atom. The van der Waals surface area contributed by atoms with Crippen molar-refractivity contribution in [3.05, 3.63) is 11.6 Å². The Labute approximate surface area is 197 Å². The molecular weight excluding hydrogens is 464 g/mol. The highest BCUT2D eigenvalue weighted by Gasteiger charge is 2.49. The van der Waals surface area contributed by atoms with E-state index in [0.717, 1.165) is 6.26 Å². The maximum atomic E-state index is 12.7. The van der Waals surface area contributed by atoms with Gasteiger partial charge in [0.15, 0.2) is 16.6 Å². The molecular formula is C22H44O7SSi2. The van der Waals surface area contributed by atoms with Crippen molar-refractivity contribution in [1.82, 2.24) is 0 Å². The predicted molar refractivity (Wildman–Crippen MR) is 133 cm³/mol. The van der Waals surface area contributed by atoms with Gasteiger partial charge in [-0.2, -0.15) is 8.42 Å². The number of esters is 1. The molecule has 3 atom stereocenters. The van der Waals surface area contributed by atoms with Gasteiger partial charge in [-0.3, -0.25) is 4.18 Å². The van der Waals surface area contributed by atoms with Crippen molar-refractivity contribution in [3.63, 3.8) is 0 Å². The zero-order chi connectivity index (χ0) is 25.3. The topological polar surface area (TPSA) is 88.1 Å². The molecule has 0 saturated carbocycles. The average Bonchev–Trinajstić information content (AvgIpc) is 2.54. The smallest absolute Gasteiger partial charge is 0.333 e. The molecule has 7 nitrogen and oxygen atoms in total. The Balaban J connectivity index is 3.55. The van der Waals surface area contributed by atoms with Crippen LogP contribution in [0.2, 0.25) is 36.3 Å². The van der Waals surface area contributed by atoms with Crippen LogP contribution in [-0.4, -0.2) is 62.2 Å². The highest BCUT2D eigenvalue weighted by molar-refractivity contribution is 7.86. The van der Waals surface area contributed by atoms with E-state index in [4.69, 9.17) is 17.8 Å². The third kappa shape index (κ3) is 7.77. The van der Waals surface area contributed by atoms with Gasteiger partial charge < -0.3 is 13.6 Å². The number of ether oxygens (including phenoxy) is 1. The fraction of sp³-hybridized carbons (Fsp3) is 0.864. The number of hydrogen-bond donors (Lipinski definition) is 0. The van der Waals surface area contributed by atoms with E-state index in [1.165, 1.54) is 0 Å². The van der Waals surface area contributed by atoms with Crippen LogP contribution in [0, 0.1) is 0 Å². The van der Waals surface area contributed by atoms with Crippen molar-refractivity contribution in [2.45, 2.75) is 109 Å². The molecule has 0 amide bonds. The van der Waals surface area contributed by atoms with Crippen molar-refractivity contribution in [3.8, 4) is 0 Å². The molecule has 0 aromatic heterocycles. The van der Waals surface area contributed by atoms with E-state index < -0.39 is 51.0 Å². The van der Waals surface area contributed by atoms with Crippen molar-refractivity contribution < 1.29 is 31.0 Å². The van der Waals surface area contributed by atoms with E-state index in [1.807, 2.05) is 0 Å². The second-order valence-corrected chi connectivity index (χ2v) is 22.8. The van der Waals surface area contributed by atoms with Crippen molar-refractivity contribution in [2.24, 2.45) is 0 Å². The molecule has 0 fully saturated rings. The van der Waals surface area contributed by atoms with Crippen LogP contribution < -0.4 is 0 Å². The Bertz CT molecular complexity index is 805. The summed E-state index contributed by atoms with van der Waals surface area (Å²) in [6.07, 6.45) is 0.650. The Morgan fingerprint density at radius 1 is 1.00 bits per heavy atom. The SMILES string of the molecule is CCOC(=O)C1=C[C@@H](O[Si](C)(C)C(C)(C)C)[C@@H](OS(C)(=O)=O)[C@H](O[Si](C)(C)C(C)(C)C)C1. The first-order valence-corrected chi connectivity index (χ1v) is 18.9. The fourth-order valence-electron chi connectivity index (χ4n) is 2.88. The molecule has 0 spiro atoms. The highest BCUT2D eigenvalue weighted by Crippen LogP contribution is 2.42. The van der Waals surface area contributed by atoms with Crippen molar-refractivity contribution >= 4 is 32.7 Å². The van der Waals surface area contributed by atoms with Crippen LogP contribution in [-0.2, 0) is 32.7 Å². The van der Waals surface area contributed by atoms with Crippen LogP contribution in [0.5, 0.6) is 0 Å². The largest absolute Gasteiger partial charge is 0.463 e. The van der Waals surface area contributed by atoms with Gasteiger partial charge in [0.1, 0.15) is 6.10 Å². The summed E-state index contributed by atoms with van der Waals surface area (Å²) < 4.78 is 48.5. The summed E-state index contributed by atoms with van der Waals surface area (Å²) in [7, 11) is -8.44. The molecule has 0 bridgehead atoms. The zero-order valence-corrected chi connectivity index (χ0v) is 24.8. The molecule has 0 N–H and O–H groups in total. The highest BCUT2D eigenvalue weighted by atomic mass is 32.2. The third-order valence-electron chi connectivity index (χ3n) is 6.79. The Morgan fingerprint density at radius 2 is 1.47 bits per heavy atom. The van der Waals surface area contributed by atoms with Gasteiger partial charge >= 0.3 is 5.97 Å². The second-order valence-electron chi connectivity index (χ2n) is 11.6. The monoisotopic (exact) mass is 508 g/mol. The zero-order valence-electron chi connectivity index (χ0n) is 22.0. The van der Waals surface area contributed by atoms with E-state index in [2.05, 4.69) is 67.7 Å². The Kier molecular flexibility index (Phi) is 9.21. The summed E-state index contributed by atoms with van der Waals surface area (Å²) in [6, 6.07) is 0. The molecule has 0 saturated heterocycles. The maximum absolute atomic E-state index is 12.7. The molecule has 32 heavy (non-hydrogen) atoms. The molecule has 0 aliphatic heterocycles. The molecule has 188 valence electrons. The van der Waals surface area contributed by atoms with E-state index in [-0.39, 0.29) is 23.1 Å². The normalized spacial score (nSPS) is 23.6. The number of rotatable bonds is 8. The maximum Gasteiger partial charge on any atom is 0.333 e. The van der Waals surface area contributed by atoms with Crippen molar-refractivity contribution in [1.29, 1.82) is 0 Å². The molecule has 10 heteroatoms. The Hall–Kier alpha value is -0.526. The summed E-state index contributed by atoms with van der Waals surface area (Å²) >= 11 is 0. The molecule has 0 aromatic carbocycles. The van der Waals surface area contributed by atoms with Gasteiger partial charge in [-0.25, -0.2) is 4.79 Å². The minimum absolute atomic E-state index is 0.107. The summed E-state index contributed by atoms with van der Waals surface area (Å²) in [5.74, 6) is -0.432. The lowest BCUT2D eigenvalue weighted by molar-refractivity contribution is -0.139. The number of hydrogen-bond acceptors (Lipinski definition) is 7. The first-order valence-electron chi connectivity index (χ1n) is 11.2. The minimum atomic E-state index is -3.79. The van der Waals surface area contributed by atoms with Gasteiger partial charge in [-0.15, -0.1) is 0 Å². The van der Waals surface area contributed by atoms with E-state index >= 15 is 0 Å². The first-order chi connectivity index (χ1) is 14.1.